The smallest absolute Gasteiger partial charge is 0.342 e. The number of phenols is 1. The second kappa shape index (κ2) is 4.24. The van der Waals surface area contributed by atoms with E-state index in [0.29, 0.717) is 5.92 Å². The molecule has 3 heteroatoms. The van der Waals surface area contributed by atoms with Crippen molar-refractivity contribution < 1.29 is 14.6 Å². The monoisotopic (exact) mass is 274 g/mol. The number of hydrogen-bond acceptors (Lipinski definition) is 3. The van der Waals surface area contributed by atoms with Crippen molar-refractivity contribution in [1.29, 1.82) is 0 Å². The van der Waals surface area contributed by atoms with Crippen molar-refractivity contribution in [3.63, 3.8) is 0 Å². The second-order valence-corrected chi connectivity index (χ2v) is 7.02. The van der Waals surface area contributed by atoms with E-state index in [-0.39, 0.29) is 28.2 Å². The summed E-state index contributed by atoms with van der Waals surface area (Å²) in [6, 6.07) is 6.57. The van der Waals surface area contributed by atoms with Gasteiger partial charge in [-0.2, -0.15) is 0 Å². The average molecular weight is 274 g/mol. The van der Waals surface area contributed by atoms with E-state index in [4.69, 9.17) is 4.74 Å². The van der Waals surface area contributed by atoms with Gasteiger partial charge in [0, 0.05) is 5.41 Å². The number of carbonyl (C=O) groups is 1. The Hall–Kier alpha value is -1.51. The lowest BCUT2D eigenvalue weighted by Gasteiger charge is -2.38. The summed E-state index contributed by atoms with van der Waals surface area (Å²) >= 11 is 0. The maximum absolute atomic E-state index is 12.3. The zero-order valence-corrected chi connectivity index (χ0v) is 12.3. The topological polar surface area (TPSA) is 46.5 Å². The minimum absolute atomic E-state index is 0.00919. The van der Waals surface area contributed by atoms with Gasteiger partial charge in [-0.25, -0.2) is 4.79 Å². The SMILES string of the molecule is CC1(C)C2CCC1(C)[C@H](OC(=O)c1ccccc1O)C2. The van der Waals surface area contributed by atoms with Gasteiger partial charge in [-0.15, -0.1) is 0 Å². The first kappa shape index (κ1) is 13.5. The van der Waals surface area contributed by atoms with Crippen LogP contribution in [0.3, 0.4) is 0 Å². The third-order valence-electron chi connectivity index (χ3n) is 6.09. The summed E-state index contributed by atoms with van der Waals surface area (Å²) in [5, 5.41) is 9.75. The van der Waals surface area contributed by atoms with Crippen LogP contribution in [0.4, 0.5) is 0 Å². The van der Waals surface area contributed by atoms with Crippen LogP contribution >= 0.6 is 0 Å². The number of fused-ring (bicyclic) bond motifs is 2. The summed E-state index contributed by atoms with van der Waals surface area (Å²) < 4.78 is 5.75. The highest BCUT2D eigenvalue weighted by Crippen LogP contribution is 2.66. The largest absolute Gasteiger partial charge is 0.507 e. The third kappa shape index (κ3) is 1.68. The zero-order chi connectivity index (χ0) is 14.5. The zero-order valence-electron chi connectivity index (χ0n) is 12.3. The molecule has 1 N–H and O–H groups in total. The van der Waals surface area contributed by atoms with Gasteiger partial charge in [0.2, 0.25) is 0 Å². The lowest BCUT2D eigenvalue weighted by molar-refractivity contribution is -0.0244. The standard InChI is InChI=1S/C17H22O3/c1-16(2)11-8-9-17(16,3)14(10-11)20-15(19)12-6-4-5-7-13(12)18/h4-7,11,14,18H,8-10H2,1-3H3/t11?,14-,17?/m1/s1. The Morgan fingerprint density at radius 1 is 1.30 bits per heavy atom. The third-order valence-corrected chi connectivity index (χ3v) is 6.09. The number of hydrogen-bond donors (Lipinski definition) is 1. The molecule has 0 radical (unpaired) electrons. The molecular formula is C17H22O3. The number of esters is 1. The van der Waals surface area contributed by atoms with Gasteiger partial charge < -0.3 is 9.84 Å². The molecule has 3 atom stereocenters. The second-order valence-electron chi connectivity index (χ2n) is 7.02. The molecule has 20 heavy (non-hydrogen) atoms. The first-order valence-electron chi connectivity index (χ1n) is 7.35. The maximum Gasteiger partial charge on any atom is 0.342 e. The summed E-state index contributed by atoms with van der Waals surface area (Å²) in [5.41, 5.74) is 0.533. The molecule has 2 aliphatic rings. The minimum Gasteiger partial charge on any atom is -0.507 e. The van der Waals surface area contributed by atoms with Crippen molar-refractivity contribution >= 4 is 5.97 Å². The van der Waals surface area contributed by atoms with Crippen LogP contribution in [0.2, 0.25) is 0 Å². The van der Waals surface area contributed by atoms with E-state index >= 15 is 0 Å². The molecule has 0 spiro atoms. The molecular weight excluding hydrogens is 252 g/mol. The van der Waals surface area contributed by atoms with Crippen LogP contribution < -0.4 is 0 Å². The van der Waals surface area contributed by atoms with Gasteiger partial charge in [0.05, 0.1) is 0 Å². The van der Waals surface area contributed by atoms with Crippen molar-refractivity contribution in [3.8, 4) is 5.75 Å². The summed E-state index contributed by atoms with van der Waals surface area (Å²) in [7, 11) is 0. The van der Waals surface area contributed by atoms with E-state index in [0.717, 1.165) is 12.8 Å². The fourth-order valence-corrected chi connectivity index (χ4v) is 4.15. The molecule has 0 amide bonds. The first-order valence-corrected chi connectivity index (χ1v) is 7.35. The lowest BCUT2D eigenvalue weighted by Crippen LogP contribution is -2.38. The van der Waals surface area contributed by atoms with Gasteiger partial charge >= 0.3 is 5.97 Å². The number of phenolic OH excluding ortho intramolecular Hbond substituents is 1. The Balaban J connectivity index is 1.81. The van der Waals surface area contributed by atoms with Crippen LogP contribution in [-0.4, -0.2) is 17.2 Å². The Morgan fingerprint density at radius 2 is 2.00 bits per heavy atom. The number of rotatable bonds is 2. The van der Waals surface area contributed by atoms with Crippen molar-refractivity contribution in [1.82, 2.24) is 0 Å². The fourth-order valence-electron chi connectivity index (χ4n) is 4.15. The van der Waals surface area contributed by atoms with Crippen molar-refractivity contribution in [2.45, 2.75) is 46.1 Å². The molecule has 2 aliphatic carbocycles. The van der Waals surface area contributed by atoms with E-state index in [1.54, 1.807) is 18.2 Å². The van der Waals surface area contributed by atoms with Crippen molar-refractivity contribution in [3.05, 3.63) is 29.8 Å². The molecule has 0 heterocycles. The molecule has 0 aromatic heterocycles. The molecule has 0 aliphatic heterocycles. The minimum atomic E-state index is -0.405. The molecule has 1 aromatic rings. The first-order chi connectivity index (χ1) is 9.36. The van der Waals surface area contributed by atoms with Crippen LogP contribution in [0, 0.1) is 16.7 Å². The van der Waals surface area contributed by atoms with Gasteiger partial charge in [0.25, 0.3) is 0 Å². The number of carbonyl (C=O) groups excluding carboxylic acids is 1. The summed E-state index contributed by atoms with van der Waals surface area (Å²) in [5.74, 6) is 0.220. The van der Waals surface area contributed by atoms with E-state index in [9.17, 15) is 9.90 Å². The van der Waals surface area contributed by atoms with Crippen LogP contribution in [0.15, 0.2) is 24.3 Å². The summed E-state index contributed by atoms with van der Waals surface area (Å²) in [4.78, 5) is 12.3. The maximum atomic E-state index is 12.3. The van der Waals surface area contributed by atoms with Crippen LogP contribution in [0.1, 0.15) is 50.4 Å². The average Bonchev–Trinajstić information content (AvgIpc) is 2.72. The molecule has 108 valence electrons. The Kier molecular flexibility index (Phi) is 2.86. The Bertz CT molecular complexity index is 549. The number of ether oxygens (including phenoxy) is 1. The van der Waals surface area contributed by atoms with Gasteiger partial charge in [0.15, 0.2) is 0 Å². The number of para-hydroxylation sites is 1. The van der Waals surface area contributed by atoms with Gasteiger partial charge in [-0.1, -0.05) is 32.9 Å². The van der Waals surface area contributed by atoms with Crippen LogP contribution in [-0.2, 0) is 4.74 Å². The molecule has 2 bridgehead atoms. The van der Waals surface area contributed by atoms with Crippen molar-refractivity contribution in [2.75, 3.05) is 0 Å². The predicted molar refractivity (Wildman–Crippen MR) is 76.5 cm³/mol. The van der Waals surface area contributed by atoms with E-state index in [2.05, 4.69) is 20.8 Å². The van der Waals surface area contributed by atoms with Crippen molar-refractivity contribution in [2.24, 2.45) is 16.7 Å². The predicted octanol–water partition coefficient (Wildman–Crippen LogP) is 3.76. The number of benzene rings is 1. The molecule has 3 nitrogen and oxygen atoms in total. The quantitative estimate of drug-likeness (QED) is 0.835. The molecule has 3 rings (SSSR count). The van der Waals surface area contributed by atoms with Crippen LogP contribution in [0.5, 0.6) is 5.75 Å². The van der Waals surface area contributed by atoms with Gasteiger partial charge in [-0.3, -0.25) is 0 Å². The normalized spacial score (nSPS) is 34.1. The van der Waals surface area contributed by atoms with Gasteiger partial charge in [0.1, 0.15) is 17.4 Å². The summed E-state index contributed by atoms with van der Waals surface area (Å²) in [6.07, 6.45) is 3.25. The Morgan fingerprint density at radius 3 is 2.55 bits per heavy atom. The van der Waals surface area contributed by atoms with E-state index < -0.39 is 5.97 Å². The highest BCUT2D eigenvalue weighted by molar-refractivity contribution is 5.92. The van der Waals surface area contributed by atoms with Crippen LogP contribution in [0.25, 0.3) is 0 Å². The molecule has 1 aromatic carbocycles. The van der Waals surface area contributed by atoms with E-state index in [1.807, 2.05) is 0 Å². The van der Waals surface area contributed by atoms with E-state index in [1.165, 1.54) is 12.5 Å². The lowest BCUT2D eigenvalue weighted by atomic mass is 9.70. The molecule has 2 unspecified atom stereocenters. The highest BCUT2D eigenvalue weighted by atomic mass is 16.5. The Labute approximate surface area is 120 Å². The number of aromatic hydroxyl groups is 1. The molecule has 2 saturated carbocycles. The van der Waals surface area contributed by atoms with Gasteiger partial charge in [-0.05, 0) is 42.7 Å². The molecule has 2 fully saturated rings. The fraction of sp³-hybridized carbons (Fsp3) is 0.588. The highest BCUT2D eigenvalue weighted by Gasteiger charge is 2.62. The summed E-state index contributed by atoms with van der Waals surface area (Å²) in [6.45, 7) is 6.82. The molecule has 0 saturated heterocycles.